The molecular weight excluding hydrogens is 428 g/mol. The average Bonchev–Trinajstić information content (AvgIpc) is 2.83. The van der Waals surface area contributed by atoms with E-state index in [1.807, 2.05) is 6.07 Å². The number of nitrogens with one attached hydrogen (secondary N) is 1. The third-order valence-electron chi connectivity index (χ3n) is 5.36. The maximum atomic E-state index is 13.2. The van der Waals surface area contributed by atoms with Gasteiger partial charge in [-0.3, -0.25) is 9.10 Å². The Morgan fingerprint density at radius 1 is 0.938 bits per heavy atom. The Morgan fingerprint density at radius 2 is 1.62 bits per heavy atom. The Balaban J connectivity index is 1.60. The van der Waals surface area contributed by atoms with Gasteiger partial charge in [0.15, 0.2) is 0 Å². The molecule has 0 bridgehead atoms. The van der Waals surface area contributed by atoms with Crippen LogP contribution in [0.25, 0.3) is 0 Å². The topological polar surface area (TPSA) is 84.9 Å². The molecule has 3 aromatic rings. The second-order valence-electron chi connectivity index (χ2n) is 7.39. The van der Waals surface area contributed by atoms with Crippen LogP contribution in [-0.2, 0) is 16.4 Å². The quantitative estimate of drug-likeness (QED) is 0.609. The fourth-order valence-electron chi connectivity index (χ4n) is 3.75. The molecule has 1 N–H and O–H groups in total. The van der Waals surface area contributed by atoms with Crippen LogP contribution in [0.3, 0.4) is 0 Å². The van der Waals surface area contributed by atoms with Crippen LogP contribution in [0.15, 0.2) is 71.6 Å². The van der Waals surface area contributed by atoms with Gasteiger partial charge >= 0.3 is 0 Å². The van der Waals surface area contributed by atoms with Gasteiger partial charge < -0.3 is 14.8 Å². The molecule has 1 heterocycles. The van der Waals surface area contributed by atoms with Gasteiger partial charge in [-0.1, -0.05) is 18.2 Å². The molecule has 1 aliphatic rings. The molecule has 1 amide bonds. The van der Waals surface area contributed by atoms with Crippen LogP contribution < -0.4 is 19.1 Å². The number of sulfonamides is 1. The van der Waals surface area contributed by atoms with Gasteiger partial charge in [-0.2, -0.15) is 0 Å². The molecule has 166 valence electrons. The lowest BCUT2D eigenvalue weighted by molar-refractivity contribution is 0.102. The van der Waals surface area contributed by atoms with Crippen molar-refractivity contribution in [3.05, 3.63) is 77.9 Å². The summed E-state index contributed by atoms with van der Waals surface area (Å²) in [4.78, 5) is 13.1. The molecule has 0 atom stereocenters. The second kappa shape index (κ2) is 8.92. The largest absolute Gasteiger partial charge is 0.497 e. The highest BCUT2D eigenvalue weighted by Gasteiger charge is 2.29. The molecule has 0 fully saturated rings. The minimum atomic E-state index is -3.65. The number of carbonyl (C=O) groups excluding carboxylic acids is 1. The summed E-state index contributed by atoms with van der Waals surface area (Å²) >= 11 is 0. The molecule has 4 rings (SSSR count). The first-order valence-corrected chi connectivity index (χ1v) is 11.6. The molecule has 0 saturated heterocycles. The summed E-state index contributed by atoms with van der Waals surface area (Å²) in [6, 6.07) is 18.7. The summed E-state index contributed by atoms with van der Waals surface area (Å²) < 4.78 is 38.2. The van der Waals surface area contributed by atoms with Crippen molar-refractivity contribution in [2.75, 3.05) is 30.4 Å². The van der Waals surface area contributed by atoms with Crippen molar-refractivity contribution in [1.29, 1.82) is 0 Å². The normalized spacial score (nSPS) is 13.2. The third-order valence-corrected chi connectivity index (χ3v) is 7.19. The van der Waals surface area contributed by atoms with Crippen LogP contribution in [-0.4, -0.2) is 35.1 Å². The van der Waals surface area contributed by atoms with Gasteiger partial charge in [-0.05, 0) is 60.9 Å². The summed E-state index contributed by atoms with van der Waals surface area (Å²) in [5.41, 5.74) is 2.50. The third kappa shape index (κ3) is 4.27. The van der Waals surface area contributed by atoms with Crippen molar-refractivity contribution in [3.8, 4) is 11.5 Å². The summed E-state index contributed by atoms with van der Waals surface area (Å²) in [6.45, 7) is 0.416. The zero-order chi connectivity index (χ0) is 22.7. The maximum absolute atomic E-state index is 13.2. The Kier molecular flexibility index (Phi) is 6.05. The van der Waals surface area contributed by atoms with Gasteiger partial charge in [0.1, 0.15) is 11.5 Å². The number of fused-ring (bicyclic) bond motifs is 1. The van der Waals surface area contributed by atoms with Gasteiger partial charge in [0.2, 0.25) is 0 Å². The molecular formula is C24H24N2O5S. The van der Waals surface area contributed by atoms with Crippen LogP contribution in [0.4, 0.5) is 11.4 Å². The lowest BCUT2D eigenvalue weighted by Gasteiger charge is -2.31. The van der Waals surface area contributed by atoms with E-state index in [2.05, 4.69) is 5.32 Å². The number of benzene rings is 3. The molecule has 8 heteroatoms. The number of methoxy groups -OCH3 is 2. The van der Waals surface area contributed by atoms with E-state index in [0.29, 0.717) is 41.4 Å². The van der Waals surface area contributed by atoms with E-state index in [0.717, 1.165) is 12.0 Å². The van der Waals surface area contributed by atoms with E-state index < -0.39 is 10.0 Å². The number of amides is 1. The van der Waals surface area contributed by atoms with Gasteiger partial charge in [0, 0.05) is 23.9 Å². The average molecular weight is 453 g/mol. The first kappa shape index (κ1) is 21.7. The number of aryl methyl sites for hydroxylation is 1. The monoisotopic (exact) mass is 452 g/mol. The van der Waals surface area contributed by atoms with E-state index in [4.69, 9.17) is 9.47 Å². The van der Waals surface area contributed by atoms with Crippen LogP contribution in [0.1, 0.15) is 22.3 Å². The summed E-state index contributed by atoms with van der Waals surface area (Å²) in [6.07, 6.45) is 1.43. The van der Waals surface area contributed by atoms with Gasteiger partial charge in [-0.25, -0.2) is 8.42 Å². The Hall–Kier alpha value is -3.52. The summed E-state index contributed by atoms with van der Waals surface area (Å²) in [7, 11) is -0.606. The number of ether oxygens (including phenoxy) is 2. The predicted molar refractivity (Wildman–Crippen MR) is 123 cm³/mol. The first-order chi connectivity index (χ1) is 15.4. The molecule has 0 spiro atoms. The van der Waals surface area contributed by atoms with Crippen LogP contribution in [0.2, 0.25) is 0 Å². The minimum absolute atomic E-state index is 0.261. The highest BCUT2D eigenvalue weighted by Crippen LogP contribution is 2.34. The zero-order valence-electron chi connectivity index (χ0n) is 17.9. The zero-order valence-corrected chi connectivity index (χ0v) is 18.7. The Morgan fingerprint density at radius 3 is 2.28 bits per heavy atom. The van der Waals surface area contributed by atoms with E-state index in [-0.39, 0.29) is 10.8 Å². The minimum Gasteiger partial charge on any atom is -0.497 e. The smallest absolute Gasteiger partial charge is 0.264 e. The molecule has 0 unspecified atom stereocenters. The second-order valence-corrected chi connectivity index (χ2v) is 9.26. The van der Waals surface area contributed by atoms with Crippen molar-refractivity contribution in [2.45, 2.75) is 17.7 Å². The molecule has 0 radical (unpaired) electrons. The number of anilines is 2. The van der Waals surface area contributed by atoms with Crippen molar-refractivity contribution >= 4 is 27.3 Å². The highest BCUT2D eigenvalue weighted by molar-refractivity contribution is 7.92. The fraction of sp³-hybridized carbons (Fsp3) is 0.208. The van der Waals surface area contributed by atoms with Crippen molar-refractivity contribution < 1.29 is 22.7 Å². The van der Waals surface area contributed by atoms with Crippen molar-refractivity contribution in [1.82, 2.24) is 0 Å². The first-order valence-electron chi connectivity index (χ1n) is 10.2. The van der Waals surface area contributed by atoms with Crippen LogP contribution in [0.5, 0.6) is 11.5 Å². The van der Waals surface area contributed by atoms with Gasteiger partial charge in [0.05, 0.1) is 24.8 Å². The molecule has 0 saturated carbocycles. The molecule has 7 nitrogen and oxygen atoms in total. The number of hydrogen-bond acceptors (Lipinski definition) is 5. The maximum Gasteiger partial charge on any atom is 0.264 e. The van der Waals surface area contributed by atoms with E-state index in [9.17, 15) is 13.2 Å². The SMILES string of the molecule is COc1cc(OC)cc(C(=O)Nc2ccc3c(c2)CCCN3S(=O)(=O)c2ccccc2)c1. The standard InChI is InChI=1S/C24H24N2O5S/c1-30-20-14-18(15-21(16-20)31-2)24(27)25-19-10-11-23-17(13-19)7-6-12-26(23)32(28,29)22-8-4-3-5-9-22/h3-5,8-11,13-16H,6-7,12H2,1-2H3,(H,25,27). The van der Waals surface area contributed by atoms with Gasteiger partial charge in [-0.15, -0.1) is 0 Å². The van der Waals surface area contributed by atoms with Crippen molar-refractivity contribution in [3.63, 3.8) is 0 Å². The Bertz CT molecular complexity index is 1220. The Labute approximate surface area is 187 Å². The predicted octanol–water partition coefficient (Wildman–Crippen LogP) is 4.10. The molecule has 32 heavy (non-hydrogen) atoms. The number of rotatable bonds is 6. The van der Waals surface area contributed by atoms with Crippen LogP contribution >= 0.6 is 0 Å². The van der Waals surface area contributed by atoms with E-state index >= 15 is 0 Å². The summed E-state index contributed by atoms with van der Waals surface area (Å²) in [5.74, 6) is 0.718. The highest BCUT2D eigenvalue weighted by atomic mass is 32.2. The van der Waals surface area contributed by atoms with Gasteiger partial charge in [0.25, 0.3) is 15.9 Å². The van der Waals surface area contributed by atoms with Crippen LogP contribution in [0, 0.1) is 0 Å². The lowest BCUT2D eigenvalue weighted by Crippen LogP contribution is -2.35. The number of carbonyl (C=O) groups is 1. The van der Waals surface area contributed by atoms with E-state index in [1.54, 1.807) is 60.7 Å². The van der Waals surface area contributed by atoms with E-state index in [1.165, 1.54) is 18.5 Å². The fourth-order valence-corrected chi connectivity index (χ4v) is 5.31. The number of hydrogen-bond donors (Lipinski definition) is 1. The molecule has 1 aliphatic heterocycles. The lowest BCUT2D eigenvalue weighted by atomic mass is 10.0. The molecule has 0 aromatic heterocycles. The number of nitrogens with zero attached hydrogens (tertiary/aromatic N) is 1. The van der Waals surface area contributed by atoms with Crippen molar-refractivity contribution in [2.24, 2.45) is 0 Å². The summed E-state index contributed by atoms with van der Waals surface area (Å²) in [5, 5.41) is 2.88. The molecule has 0 aliphatic carbocycles. The molecule has 3 aromatic carbocycles.